The molecule has 0 saturated heterocycles. The summed E-state index contributed by atoms with van der Waals surface area (Å²) in [5.74, 6) is 1.59. The fourth-order valence-corrected chi connectivity index (χ4v) is 5.41. The van der Waals surface area contributed by atoms with E-state index in [9.17, 15) is 8.42 Å². The van der Waals surface area contributed by atoms with E-state index in [-0.39, 0.29) is 5.25 Å². The zero-order valence-corrected chi connectivity index (χ0v) is 13.4. The third-order valence-electron chi connectivity index (χ3n) is 4.93. The number of nitrogens with one attached hydrogen (secondary N) is 1. The highest BCUT2D eigenvalue weighted by Gasteiger charge is 2.41. The van der Waals surface area contributed by atoms with Crippen LogP contribution in [0.3, 0.4) is 0 Å². The number of aromatic nitrogens is 3. The largest absolute Gasteiger partial charge is 0.356 e. The zero-order valence-electron chi connectivity index (χ0n) is 12.6. The van der Waals surface area contributed by atoms with Crippen molar-refractivity contribution in [1.29, 1.82) is 0 Å². The van der Waals surface area contributed by atoms with Crippen molar-refractivity contribution < 1.29 is 8.42 Å². The summed E-state index contributed by atoms with van der Waals surface area (Å²) in [6.07, 6.45) is 7.02. The van der Waals surface area contributed by atoms with Gasteiger partial charge in [-0.15, -0.1) is 0 Å². The summed E-state index contributed by atoms with van der Waals surface area (Å²) in [4.78, 5) is 13.9. The molecule has 0 amide bonds. The van der Waals surface area contributed by atoms with Gasteiger partial charge in [0.1, 0.15) is 17.8 Å². The minimum Gasteiger partial charge on any atom is -0.356 e. The van der Waals surface area contributed by atoms with E-state index in [0.29, 0.717) is 17.7 Å². The second-order valence-corrected chi connectivity index (χ2v) is 8.89. The molecule has 2 aliphatic carbocycles. The molecule has 0 radical (unpaired) electrons. The maximum Gasteiger partial charge on any atom is 0.153 e. The Morgan fingerprint density at radius 2 is 2.09 bits per heavy atom. The smallest absolute Gasteiger partial charge is 0.153 e. The van der Waals surface area contributed by atoms with Crippen LogP contribution in [0.2, 0.25) is 0 Å². The van der Waals surface area contributed by atoms with Gasteiger partial charge in [0.2, 0.25) is 0 Å². The van der Waals surface area contributed by atoms with Gasteiger partial charge in [-0.05, 0) is 37.7 Å². The van der Waals surface area contributed by atoms with Crippen LogP contribution in [-0.4, -0.2) is 47.5 Å². The molecule has 0 atom stereocenters. The molecular formula is C15H20N4O2S. The van der Waals surface area contributed by atoms with E-state index < -0.39 is 9.84 Å². The summed E-state index contributed by atoms with van der Waals surface area (Å²) in [6.45, 7) is 0. The topological polar surface area (TPSA) is 79.0 Å². The van der Waals surface area contributed by atoms with Gasteiger partial charge < -0.3 is 9.88 Å². The Morgan fingerprint density at radius 1 is 1.32 bits per heavy atom. The van der Waals surface area contributed by atoms with Crippen LogP contribution in [0.1, 0.15) is 25.7 Å². The maximum atomic E-state index is 12.0. The van der Waals surface area contributed by atoms with Crippen LogP contribution in [0, 0.1) is 5.92 Å². The second kappa shape index (κ2) is 4.94. The molecule has 0 bridgehead atoms. The molecule has 2 aromatic heterocycles. The van der Waals surface area contributed by atoms with Crippen molar-refractivity contribution in [3.05, 3.63) is 18.6 Å². The Hall–Kier alpha value is -1.63. The van der Waals surface area contributed by atoms with Gasteiger partial charge >= 0.3 is 0 Å². The molecule has 2 saturated carbocycles. The normalized spacial score (nSPS) is 25.1. The maximum absolute atomic E-state index is 12.0. The summed E-state index contributed by atoms with van der Waals surface area (Å²) in [5, 5.41) is 0.977. The first kappa shape index (κ1) is 14.0. The summed E-state index contributed by atoms with van der Waals surface area (Å²) in [6, 6.07) is 2.35. The standard InChI is InChI=1S/C15H20N4O2S/c1-19(15-13-4-5-16-14(13)17-9-18-15)11-6-10(7-11)8-22(20,21)12-2-3-12/h4-5,9-12H,2-3,6-8H2,1H3,(H,16,17,18). The van der Waals surface area contributed by atoms with Crippen molar-refractivity contribution in [2.24, 2.45) is 5.92 Å². The molecule has 0 unspecified atom stereocenters. The van der Waals surface area contributed by atoms with Gasteiger partial charge in [0.25, 0.3) is 0 Å². The van der Waals surface area contributed by atoms with Crippen LogP contribution in [0.4, 0.5) is 5.82 Å². The van der Waals surface area contributed by atoms with Crippen molar-refractivity contribution >= 4 is 26.7 Å². The number of aromatic amines is 1. The van der Waals surface area contributed by atoms with Crippen LogP contribution in [0.5, 0.6) is 0 Å². The van der Waals surface area contributed by atoms with Gasteiger partial charge in [0, 0.05) is 19.3 Å². The molecule has 2 heterocycles. The lowest BCUT2D eigenvalue weighted by Gasteiger charge is -2.41. The minimum absolute atomic E-state index is 0.0365. The van der Waals surface area contributed by atoms with E-state index in [0.717, 1.165) is 42.5 Å². The van der Waals surface area contributed by atoms with Crippen LogP contribution < -0.4 is 4.90 Å². The van der Waals surface area contributed by atoms with E-state index in [1.54, 1.807) is 6.33 Å². The SMILES string of the molecule is CN(c1ncnc2[nH]ccc12)C1CC(CS(=O)(=O)C2CC2)C1. The lowest BCUT2D eigenvalue weighted by atomic mass is 9.81. The number of anilines is 1. The number of hydrogen-bond acceptors (Lipinski definition) is 5. The number of hydrogen-bond donors (Lipinski definition) is 1. The molecule has 2 aromatic rings. The van der Waals surface area contributed by atoms with Gasteiger partial charge in [-0.2, -0.15) is 0 Å². The average Bonchev–Trinajstić information content (AvgIpc) is 3.20. The molecule has 1 N–H and O–H groups in total. The highest BCUT2D eigenvalue weighted by molar-refractivity contribution is 7.92. The molecule has 2 aliphatic rings. The van der Waals surface area contributed by atoms with Crippen LogP contribution >= 0.6 is 0 Å². The average molecular weight is 320 g/mol. The molecule has 2 fully saturated rings. The van der Waals surface area contributed by atoms with Crippen LogP contribution in [0.15, 0.2) is 18.6 Å². The molecular weight excluding hydrogens is 300 g/mol. The molecule has 0 aromatic carbocycles. The molecule has 6 nitrogen and oxygen atoms in total. The molecule has 4 rings (SSSR count). The van der Waals surface area contributed by atoms with E-state index in [2.05, 4.69) is 19.9 Å². The van der Waals surface area contributed by atoms with Crippen LogP contribution in [0.25, 0.3) is 11.0 Å². The molecule has 118 valence electrons. The summed E-state index contributed by atoms with van der Waals surface area (Å²) >= 11 is 0. The predicted molar refractivity (Wildman–Crippen MR) is 85.6 cm³/mol. The fourth-order valence-electron chi connectivity index (χ4n) is 3.36. The molecule has 0 spiro atoms. The zero-order chi connectivity index (χ0) is 15.3. The first-order valence-corrected chi connectivity index (χ1v) is 9.48. The van der Waals surface area contributed by atoms with E-state index in [1.807, 2.05) is 19.3 Å². The van der Waals surface area contributed by atoms with E-state index in [1.165, 1.54) is 0 Å². The van der Waals surface area contributed by atoms with Gasteiger partial charge in [-0.1, -0.05) is 0 Å². The summed E-state index contributed by atoms with van der Waals surface area (Å²) in [7, 11) is -0.803. The van der Waals surface area contributed by atoms with E-state index in [4.69, 9.17) is 0 Å². The third-order valence-corrected chi connectivity index (χ3v) is 7.35. The minimum atomic E-state index is -2.84. The lowest BCUT2D eigenvalue weighted by Crippen LogP contribution is -2.45. The van der Waals surface area contributed by atoms with Gasteiger partial charge in [0.15, 0.2) is 9.84 Å². The number of fused-ring (bicyclic) bond motifs is 1. The first-order valence-electron chi connectivity index (χ1n) is 7.77. The summed E-state index contributed by atoms with van der Waals surface area (Å²) in [5.41, 5.74) is 0.837. The Kier molecular flexibility index (Phi) is 3.14. The van der Waals surface area contributed by atoms with E-state index >= 15 is 0 Å². The highest BCUT2D eigenvalue weighted by Crippen LogP contribution is 2.38. The van der Waals surface area contributed by atoms with Gasteiger partial charge in [0.05, 0.1) is 16.4 Å². The van der Waals surface area contributed by atoms with Crippen molar-refractivity contribution in [3.8, 4) is 0 Å². The monoisotopic (exact) mass is 320 g/mol. The predicted octanol–water partition coefficient (Wildman–Crippen LogP) is 1.75. The van der Waals surface area contributed by atoms with Crippen molar-refractivity contribution in [3.63, 3.8) is 0 Å². The quantitative estimate of drug-likeness (QED) is 0.908. The fraction of sp³-hybridized carbons (Fsp3) is 0.600. The summed E-state index contributed by atoms with van der Waals surface area (Å²) < 4.78 is 24.1. The Bertz CT molecular complexity index is 791. The number of H-pyrrole nitrogens is 1. The Balaban J connectivity index is 1.43. The molecule has 22 heavy (non-hydrogen) atoms. The van der Waals surface area contributed by atoms with Gasteiger partial charge in [-0.3, -0.25) is 0 Å². The third kappa shape index (κ3) is 2.37. The molecule has 0 aliphatic heterocycles. The van der Waals surface area contributed by atoms with Crippen molar-refractivity contribution in [2.45, 2.75) is 37.0 Å². The Labute approximate surface area is 129 Å². The first-order chi connectivity index (χ1) is 10.5. The second-order valence-electron chi connectivity index (χ2n) is 6.57. The molecule has 7 heteroatoms. The number of nitrogens with zero attached hydrogens (tertiary/aromatic N) is 3. The number of sulfone groups is 1. The lowest BCUT2D eigenvalue weighted by molar-refractivity contribution is 0.282. The van der Waals surface area contributed by atoms with Crippen molar-refractivity contribution in [2.75, 3.05) is 17.7 Å². The Morgan fingerprint density at radius 3 is 2.82 bits per heavy atom. The van der Waals surface area contributed by atoms with Gasteiger partial charge in [-0.25, -0.2) is 18.4 Å². The van der Waals surface area contributed by atoms with Crippen LogP contribution in [-0.2, 0) is 9.84 Å². The highest BCUT2D eigenvalue weighted by atomic mass is 32.2. The van der Waals surface area contributed by atoms with Crippen molar-refractivity contribution in [1.82, 2.24) is 15.0 Å². The number of rotatable bonds is 5.